The average molecular weight is 540 g/mol. The van der Waals surface area contributed by atoms with E-state index in [1.807, 2.05) is 54.6 Å². The number of benzene rings is 3. The minimum absolute atomic E-state index is 0.158. The lowest BCUT2D eigenvalue weighted by Crippen LogP contribution is -2.49. The summed E-state index contributed by atoms with van der Waals surface area (Å²) in [5.41, 5.74) is 0.848. The number of H-pyrrole nitrogens is 1. The van der Waals surface area contributed by atoms with E-state index in [-0.39, 0.29) is 12.6 Å². The summed E-state index contributed by atoms with van der Waals surface area (Å²) in [5.74, 6) is 0. The number of hydrogen-bond donors (Lipinski definition) is 2. The van der Waals surface area contributed by atoms with Gasteiger partial charge in [0.05, 0.1) is 12.6 Å². The van der Waals surface area contributed by atoms with Gasteiger partial charge < -0.3 is 14.6 Å². The molecule has 4 aromatic rings. The Morgan fingerprint density at radius 2 is 1.35 bits per heavy atom. The lowest BCUT2D eigenvalue weighted by molar-refractivity contribution is -0.0918. The second-order valence-corrected chi connectivity index (χ2v) is 10.4. The van der Waals surface area contributed by atoms with Crippen LogP contribution in [0.2, 0.25) is 0 Å². The van der Waals surface area contributed by atoms with Crippen LogP contribution in [0.1, 0.15) is 35.8 Å². The molecular formula is C32H33N3O5. The lowest BCUT2D eigenvalue weighted by Gasteiger charge is -2.38. The molecule has 0 radical (unpaired) electrons. The van der Waals surface area contributed by atoms with Crippen LogP contribution in [0.15, 0.2) is 113 Å². The standard InChI is InChI=1S/C32H33N3O5/c36-27-18-21-35(31(38)33-27)30-29(37)28(34-19-10-11-20-34)26(40-30)22-39-32(23-12-4-1-5-13-23,24-14-6-2-7-15-24)25-16-8-3-9-17-25/h1-9,12-18,21,26,28-30,37H,10-11,19-20,22H2,(H,33,36,38)/t26-,28-,29+,30-/m1/s1. The van der Waals surface area contributed by atoms with Gasteiger partial charge in [0.2, 0.25) is 0 Å². The molecule has 2 fully saturated rings. The number of nitrogens with zero attached hydrogens (tertiary/aromatic N) is 2. The van der Waals surface area contributed by atoms with Gasteiger partial charge in [0, 0.05) is 12.3 Å². The van der Waals surface area contributed by atoms with Gasteiger partial charge in [-0.05, 0) is 42.6 Å². The molecule has 0 saturated carbocycles. The van der Waals surface area contributed by atoms with Gasteiger partial charge in [0.25, 0.3) is 5.56 Å². The topological polar surface area (TPSA) is 96.8 Å². The maximum Gasteiger partial charge on any atom is 0.330 e. The zero-order valence-electron chi connectivity index (χ0n) is 22.1. The first-order valence-electron chi connectivity index (χ1n) is 13.8. The van der Waals surface area contributed by atoms with E-state index >= 15 is 0 Å². The van der Waals surface area contributed by atoms with E-state index in [1.54, 1.807) is 0 Å². The van der Waals surface area contributed by atoms with Crippen LogP contribution in [0.3, 0.4) is 0 Å². The van der Waals surface area contributed by atoms with Gasteiger partial charge in [0.15, 0.2) is 6.23 Å². The minimum Gasteiger partial charge on any atom is -0.387 e. The van der Waals surface area contributed by atoms with Gasteiger partial charge in [0.1, 0.15) is 17.8 Å². The second kappa shape index (κ2) is 11.3. The number of aromatic amines is 1. The number of aliphatic hydroxyl groups excluding tert-OH is 1. The van der Waals surface area contributed by atoms with Crippen molar-refractivity contribution in [1.29, 1.82) is 0 Å². The molecule has 2 saturated heterocycles. The number of ether oxygens (including phenoxy) is 2. The van der Waals surface area contributed by atoms with Gasteiger partial charge in [-0.3, -0.25) is 19.2 Å². The van der Waals surface area contributed by atoms with Crippen LogP contribution in [0, 0.1) is 0 Å². The van der Waals surface area contributed by atoms with Gasteiger partial charge >= 0.3 is 5.69 Å². The van der Waals surface area contributed by atoms with Gasteiger partial charge in [-0.15, -0.1) is 0 Å². The fourth-order valence-electron chi connectivity index (χ4n) is 6.19. The third kappa shape index (κ3) is 4.84. The van der Waals surface area contributed by atoms with Crippen molar-refractivity contribution in [2.24, 2.45) is 0 Å². The second-order valence-electron chi connectivity index (χ2n) is 10.4. The van der Waals surface area contributed by atoms with Gasteiger partial charge in [-0.2, -0.15) is 0 Å². The van der Waals surface area contributed by atoms with Crippen LogP contribution in [0.5, 0.6) is 0 Å². The maximum absolute atomic E-state index is 12.7. The van der Waals surface area contributed by atoms with Crippen LogP contribution in [-0.2, 0) is 15.1 Å². The predicted molar refractivity (Wildman–Crippen MR) is 151 cm³/mol. The molecule has 0 spiro atoms. The molecule has 2 aliphatic rings. The first-order chi connectivity index (χ1) is 19.6. The smallest absolute Gasteiger partial charge is 0.330 e. The first-order valence-corrected chi connectivity index (χ1v) is 13.8. The monoisotopic (exact) mass is 539 g/mol. The van der Waals surface area contributed by atoms with Crippen LogP contribution >= 0.6 is 0 Å². The summed E-state index contributed by atoms with van der Waals surface area (Å²) >= 11 is 0. The largest absolute Gasteiger partial charge is 0.387 e. The SMILES string of the molecule is O=c1ccn([C@@H]2O[C@H](COC(c3ccccc3)(c3ccccc3)c3ccccc3)[C@@H](N3CCCC3)[C@@H]2O)c(=O)[nH]1. The Kier molecular flexibility index (Phi) is 7.49. The van der Waals surface area contributed by atoms with Crippen molar-refractivity contribution in [1.82, 2.24) is 14.5 Å². The third-order valence-electron chi connectivity index (χ3n) is 8.03. The van der Waals surface area contributed by atoms with E-state index in [0.717, 1.165) is 42.6 Å². The zero-order valence-corrected chi connectivity index (χ0v) is 22.1. The highest BCUT2D eigenvalue weighted by atomic mass is 16.6. The van der Waals surface area contributed by atoms with Crippen molar-refractivity contribution in [3.8, 4) is 0 Å². The average Bonchev–Trinajstić information content (AvgIpc) is 3.63. The molecule has 8 nitrogen and oxygen atoms in total. The summed E-state index contributed by atoms with van der Waals surface area (Å²) in [6.45, 7) is 1.82. The van der Waals surface area contributed by atoms with Crippen molar-refractivity contribution in [3.63, 3.8) is 0 Å². The van der Waals surface area contributed by atoms with E-state index in [0.29, 0.717) is 0 Å². The summed E-state index contributed by atoms with van der Waals surface area (Å²) in [7, 11) is 0. The molecule has 3 heterocycles. The van der Waals surface area contributed by atoms with Crippen molar-refractivity contribution < 1.29 is 14.6 Å². The highest BCUT2D eigenvalue weighted by Crippen LogP contribution is 2.42. The van der Waals surface area contributed by atoms with E-state index in [4.69, 9.17) is 9.47 Å². The highest BCUT2D eigenvalue weighted by molar-refractivity contribution is 5.47. The number of aliphatic hydroxyl groups is 1. The molecule has 3 aromatic carbocycles. The number of nitrogens with one attached hydrogen (secondary N) is 1. The molecule has 2 aliphatic heterocycles. The number of rotatable bonds is 8. The van der Waals surface area contributed by atoms with E-state index < -0.39 is 35.3 Å². The molecule has 0 aliphatic carbocycles. The Balaban J connectivity index is 1.41. The summed E-state index contributed by atoms with van der Waals surface area (Å²) < 4.78 is 14.7. The molecule has 6 rings (SSSR count). The Morgan fingerprint density at radius 1 is 0.825 bits per heavy atom. The maximum atomic E-state index is 12.7. The quantitative estimate of drug-likeness (QED) is 0.334. The van der Waals surface area contributed by atoms with E-state index in [2.05, 4.69) is 46.3 Å². The molecule has 40 heavy (non-hydrogen) atoms. The predicted octanol–water partition coefficient (Wildman–Crippen LogP) is 3.27. The highest BCUT2D eigenvalue weighted by Gasteiger charge is 2.49. The Morgan fingerprint density at radius 3 is 1.85 bits per heavy atom. The number of aromatic nitrogens is 2. The molecule has 4 atom stereocenters. The first kappa shape index (κ1) is 26.4. The van der Waals surface area contributed by atoms with Crippen molar-refractivity contribution in [2.75, 3.05) is 19.7 Å². The Labute approximate surface area is 232 Å². The molecule has 8 heteroatoms. The van der Waals surface area contributed by atoms with Gasteiger partial charge in [-0.1, -0.05) is 91.0 Å². The molecular weight excluding hydrogens is 506 g/mol. The van der Waals surface area contributed by atoms with Crippen LogP contribution < -0.4 is 11.2 Å². The van der Waals surface area contributed by atoms with Crippen LogP contribution in [-0.4, -0.2) is 57.5 Å². The minimum atomic E-state index is -0.991. The molecule has 0 bridgehead atoms. The molecule has 0 unspecified atom stereocenters. The van der Waals surface area contributed by atoms with Crippen LogP contribution in [0.25, 0.3) is 0 Å². The van der Waals surface area contributed by atoms with Crippen LogP contribution in [0.4, 0.5) is 0 Å². The van der Waals surface area contributed by atoms with Gasteiger partial charge in [-0.25, -0.2) is 4.79 Å². The fraction of sp³-hybridized carbons (Fsp3) is 0.312. The Hall–Kier alpha value is -3.82. The Bertz CT molecular complexity index is 1420. The molecule has 2 N–H and O–H groups in total. The van der Waals surface area contributed by atoms with Crippen molar-refractivity contribution >= 4 is 0 Å². The summed E-state index contributed by atoms with van der Waals surface area (Å²) in [6.07, 6.45) is 0.955. The van der Waals surface area contributed by atoms with E-state index in [9.17, 15) is 14.7 Å². The zero-order chi connectivity index (χ0) is 27.5. The lowest BCUT2D eigenvalue weighted by atomic mass is 9.80. The molecule has 206 valence electrons. The van der Waals surface area contributed by atoms with E-state index in [1.165, 1.54) is 16.8 Å². The molecule has 1 aromatic heterocycles. The van der Waals surface area contributed by atoms with Crippen molar-refractivity contribution in [3.05, 3.63) is 141 Å². The fourth-order valence-corrected chi connectivity index (χ4v) is 6.19. The summed E-state index contributed by atoms with van der Waals surface area (Å²) in [5, 5.41) is 11.5. The normalized spacial score (nSPS) is 23.4. The third-order valence-corrected chi connectivity index (χ3v) is 8.03. The molecule has 0 amide bonds. The van der Waals surface area contributed by atoms with Crippen molar-refractivity contribution in [2.45, 2.75) is 42.9 Å². The number of likely N-dealkylation sites (tertiary alicyclic amines) is 1. The number of hydrogen-bond acceptors (Lipinski definition) is 6. The summed E-state index contributed by atoms with van der Waals surface area (Å²) in [4.78, 5) is 28.8. The summed E-state index contributed by atoms with van der Waals surface area (Å²) in [6, 6.07) is 31.2.